The van der Waals surface area contributed by atoms with E-state index in [0.717, 1.165) is 25.3 Å². The van der Waals surface area contributed by atoms with Crippen LogP contribution in [-0.4, -0.2) is 18.1 Å². The standard InChI is InChI=1S/C12H20ClN3/c1-4-9(3)8-16(5-2)12-11(13)6-10(14)7-15-12/h6-7,9H,4-5,8,14H2,1-3H3. The lowest BCUT2D eigenvalue weighted by Gasteiger charge is -2.25. The monoisotopic (exact) mass is 241 g/mol. The summed E-state index contributed by atoms with van der Waals surface area (Å²) in [6.07, 6.45) is 2.81. The van der Waals surface area contributed by atoms with Gasteiger partial charge in [-0.2, -0.15) is 0 Å². The molecule has 1 aromatic heterocycles. The molecule has 16 heavy (non-hydrogen) atoms. The van der Waals surface area contributed by atoms with Crippen LogP contribution >= 0.6 is 11.6 Å². The van der Waals surface area contributed by atoms with Crippen LogP contribution in [0.5, 0.6) is 0 Å². The number of nitrogen functional groups attached to an aromatic ring is 1. The van der Waals surface area contributed by atoms with Crippen LogP contribution in [0.25, 0.3) is 0 Å². The second kappa shape index (κ2) is 5.94. The summed E-state index contributed by atoms with van der Waals surface area (Å²) in [4.78, 5) is 6.50. The van der Waals surface area contributed by atoms with Gasteiger partial charge in [0.1, 0.15) is 5.82 Å². The Morgan fingerprint density at radius 1 is 1.50 bits per heavy atom. The van der Waals surface area contributed by atoms with Crippen molar-refractivity contribution < 1.29 is 0 Å². The van der Waals surface area contributed by atoms with Gasteiger partial charge in [-0.05, 0) is 18.9 Å². The lowest BCUT2D eigenvalue weighted by molar-refractivity contribution is 0.545. The first-order valence-electron chi connectivity index (χ1n) is 5.74. The van der Waals surface area contributed by atoms with Crippen LogP contribution in [-0.2, 0) is 0 Å². The van der Waals surface area contributed by atoms with E-state index >= 15 is 0 Å². The fourth-order valence-electron chi connectivity index (χ4n) is 1.55. The van der Waals surface area contributed by atoms with E-state index in [4.69, 9.17) is 17.3 Å². The van der Waals surface area contributed by atoms with Crippen molar-refractivity contribution in [3.05, 3.63) is 17.3 Å². The Labute approximate surface area is 103 Å². The highest BCUT2D eigenvalue weighted by molar-refractivity contribution is 6.33. The van der Waals surface area contributed by atoms with Crippen molar-refractivity contribution in [2.24, 2.45) is 5.92 Å². The Morgan fingerprint density at radius 2 is 2.19 bits per heavy atom. The lowest BCUT2D eigenvalue weighted by Crippen LogP contribution is -2.29. The molecule has 0 fully saturated rings. The molecule has 1 unspecified atom stereocenters. The summed E-state index contributed by atoms with van der Waals surface area (Å²) in [6, 6.07) is 1.75. The van der Waals surface area contributed by atoms with Crippen molar-refractivity contribution in [2.45, 2.75) is 27.2 Å². The van der Waals surface area contributed by atoms with Crippen LogP contribution in [0, 0.1) is 5.92 Å². The molecule has 0 aliphatic heterocycles. The molecule has 0 aromatic carbocycles. The van der Waals surface area contributed by atoms with Gasteiger partial charge in [-0.1, -0.05) is 31.9 Å². The molecule has 1 heterocycles. The fraction of sp³-hybridized carbons (Fsp3) is 0.583. The third-order valence-corrected chi connectivity index (χ3v) is 3.03. The van der Waals surface area contributed by atoms with Gasteiger partial charge in [0.25, 0.3) is 0 Å². The summed E-state index contributed by atoms with van der Waals surface area (Å²) in [6.45, 7) is 8.41. The Balaban J connectivity index is 2.86. The van der Waals surface area contributed by atoms with Crippen LogP contribution < -0.4 is 10.6 Å². The molecule has 4 heteroatoms. The molecular weight excluding hydrogens is 222 g/mol. The number of halogens is 1. The Morgan fingerprint density at radius 3 is 2.69 bits per heavy atom. The first-order chi connectivity index (χ1) is 7.58. The quantitative estimate of drug-likeness (QED) is 0.861. The average Bonchev–Trinajstić information content (AvgIpc) is 2.26. The lowest BCUT2D eigenvalue weighted by atomic mass is 10.1. The fourth-order valence-corrected chi connectivity index (χ4v) is 1.84. The van der Waals surface area contributed by atoms with Crippen molar-refractivity contribution in [3.8, 4) is 0 Å². The Kier molecular flexibility index (Phi) is 4.87. The van der Waals surface area contributed by atoms with Crippen LogP contribution in [0.1, 0.15) is 27.2 Å². The van der Waals surface area contributed by atoms with Gasteiger partial charge in [0.05, 0.1) is 16.9 Å². The normalized spacial score (nSPS) is 12.5. The highest BCUT2D eigenvalue weighted by atomic mass is 35.5. The van der Waals surface area contributed by atoms with E-state index in [1.807, 2.05) is 0 Å². The molecule has 0 saturated heterocycles. The zero-order chi connectivity index (χ0) is 12.1. The van der Waals surface area contributed by atoms with Gasteiger partial charge < -0.3 is 10.6 Å². The smallest absolute Gasteiger partial charge is 0.147 e. The van der Waals surface area contributed by atoms with Gasteiger partial charge in [0.2, 0.25) is 0 Å². The molecule has 0 bridgehead atoms. The van der Waals surface area contributed by atoms with Crippen LogP contribution in [0.4, 0.5) is 11.5 Å². The topological polar surface area (TPSA) is 42.2 Å². The molecule has 0 saturated carbocycles. The summed E-state index contributed by atoms with van der Waals surface area (Å²) >= 11 is 6.15. The Hall–Kier alpha value is -0.960. The van der Waals surface area contributed by atoms with Gasteiger partial charge in [-0.25, -0.2) is 4.98 Å². The summed E-state index contributed by atoms with van der Waals surface area (Å²) in [5, 5.41) is 0.630. The first kappa shape index (κ1) is 13.1. The van der Waals surface area contributed by atoms with Gasteiger partial charge in [-0.3, -0.25) is 0 Å². The van der Waals surface area contributed by atoms with Crippen molar-refractivity contribution in [2.75, 3.05) is 23.7 Å². The number of anilines is 2. The number of hydrogen-bond donors (Lipinski definition) is 1. The summed E-state index contributed by atoms with van der Waals surface area (Å²) in [7, 11) is 0. The Bertz CT molecular complexity index is 341. The van der Waals surface area contributed by atoms with E-state index in [0.29, 0.717) is 16.6 Å². The third-order valence-electron chi connectivity index (χ3n) is 2.75. The predicted molar refractivity (Wildman–Crippen MR) is 71.0 cm³/mol. The third kappa shape index (κ3) is 3.27. The molecule has 90 valence electrons. The molecular formula is C12H20ClN3. The average molecular weight is 242 g/mol. The molecule has 0 amide bonds. The maximum Gasteiger partial charge on any atom is 0.147 e. The van der Waals surface area contributed by atoms with Gasteiger partial charge in [-0.15, -0.1) is 0 Å². The van der Waals surface area contributed by atoms with Crippen molar-refractivity contribution in [1.29, 1.82) is 0 Å². The maximum absolute atomic E-state index is 6.15. The number of aromatic nitrogens is 1. The van der Waals surface area contributed by atoms with Crippen LogP contribution in [0.15, 0.2) is 12.3 Å². The van der Waals surface area contributed by atoms with E-state index in [1.54, 1.807) is 12.3 Å². The molecule has 0 aliphatic carbocycles. The van der Waals surface area contributed by atoms with Crippen LogP contribution in [0.3, 0.4) is 0 Å². The SMILES string of the molecule is CCC(C)CN(CC)c1ncc(N)cc1Cl. The molecule has 1 atom stereocenters. The van der Waals surface area contributed by atoms with Gasteiger partial charge in [0, 0.05) is 13.1 Å². The summed E-state index contributed by atoms with van der Waals surface area (Å²) < 4.78 is 0. The minimum atomic E-state index is 0.605. The summed E-state index contributed by atoms with van der Waals surface area (Å²) in [5.74, 6) is 1.47. The maximum atomic E-state index is 6.15. The summed E-state index contributed by atoms with van der Waals surface area (Å²) in [5.41, 5.74) is 6.24. The molecule has 1 rings (SSSR count). The van der Waals surface area contributed by atoms with E-state index in [9.17, 15) is 0 Å². The second-order valence-electron chi connectivity index (χ2n) is 4.13. The number of nitrogens with zero attached hydrogens (tertiary/aromatic N) is 2. The molecule has 1 aromatic rings. The number of rotatable bonds is 5. The van der Waals surface area contributed by atoms with E-state index in [2.05, 4.69) is 30.7 Å². The zero-order valence-corrected chi connectivity index (χ0v) is 11.0. The molecule has 0 aliphatic rings. The van der Waals surface area contributed by atoms with Crippen molar-refractivity contribution in [3.63, 3.8) is 0 Å². The van der Waals surface area contributed by atoms with E-state index in [1.165, 1.54) is 0 Å². The minimum Gasteiger partial charge on any atom is -0.397 e. The van der Waals surface area contributed by atoms with Crippen molar-refractivity contribution in [1.82, 2.24) is 4.98 Å². The predicted octanol–water partition coefficient (Wildman–Crippen LogP) is 3.19. The molecule has 3 nitrogen and oxygen atoms in total. The molecule has 0 radical (unpaired) electrons. The second-order valence-corrected chi connectivity index (χ2v) is 4.53. The van der Waals surface area contributed by atoms with Crippen LogP contribution in [0.2, 0.25) is 5.02 Å². The highest BCUT2D eigenvalue weighted by Gasteiger charge is 2.12. The molecule has 2 N–H and O–H groups in total. The molecule has 0 spiro atoms. The minimum absolute atomic E-state index is 0.605. The largest absolute Gasteiger partial charge is 0.397 e. The van der Waals surface area contributed by atoms with Gasteiger partial charge >= 0.3 is 0 Å². The highest BCUT2D eigenvalue weighted by Crippen LogP contribution is 2.25. The zero-order valence-electron chi connectivity index (χ0n) is 10.2. The van der Waals surface area contributed by atoms with E-state index < -0.39 is 0 Å². The number of hydrogen-bond acceptors (Lipinski definition) is 3. The number of nitrogens with two attached hydrogens (primary N) is 1. The number of pyridine rings is 1. The van der Waals surface area contributed by atoms with Crippen molar-refractivity contribution >= 4 is 23.1 Å². The van der Waals surface area contributed by atoms with E-state index in [-0.39, 0.29) is 0 Å². The first-order valence-corrected chi connectivity index (χ1v) is 6.12. The van der Waals surface area contributed by atoms with Gasteiger partial charge in [0.15, 0.2) is 0 Å².